The van der Waals surface area contributed by atoms with Crippen LogP contribution in [-0.4, -0.2) is 11.6 Å². The quantitative estimate of drug-likeness (QED) is 0.711. The highest BCUT2D eigenvalue weighted by Gasteiger charge is 2.06. The van der Waals surface area contributed by atoms with Crippen molar-refractivity contribution >= 4 is 10.9 Å². The molecule has 2 aromatic carbocycles. The molecule has 106 valence electrons. The van der Waals surface area contributed by atoms with Crippen molar-refractivity contribution in [2.24, 2.45) is 0 Å². The maximum Gasteiger partial charge on any atom is 0.149 e. The van der Waals surface area contributed by atoms with Crippen molar-refractivity contribution in [1.29, 1.82) is 0 Å². The van der Waals surface area contributed by atoms with Gasteiger partial charge in [0.2, 0.25) is 0 Å². The third kappa shape index (κ3) is 3.02. The summed E-state index contributed by atoms with van der Waals surface area (Å²) in [6, 6.07) is 15.0. The van der Waals surface area contributed by atoms with Crippen LogP contribution in [0.15, 0.2) is 54.7 Å². The Morgan fingerprint density at radius 1 is 1.10 bits per heavy atom. The molecular weight excluding hydrogens is 265 g/mol. The van der Waals surface area contributed by atoms with Crippen LogP contribution in [0.25, 0.3) is 10.9 Å². The molecular formula is C18H16FNO. The molecule has 0 aliphatic heterocycles. The number of aromatic nitrogens is 1. The number of benzene rings is 2. The molecule has 1 aromatic heterocycles. The lowest BCUT2D eigenvalue weighted by Gasteiger charge is -2.09. The number of halogens is 1. The second-order valence-corrected chi connectivity index (χ2v) is 5.03. The third-order valence-electron chi connectivity index (χ3n) is 3.41. The molecule has 3 heteroatoms. The van der Waals surface area contributed by atoms with Crippen LogP contribution in [0.3, 0.4) is 0 Å². The highest BCUT2D eigenvalue weighted by atomic mass is 19.1. The van der Waals surface area contributed by atoms with Gasteiger partial charge in [0.25, 0.3) is 0 Å². The zero-order chi connectivity index (χ0) is 14.7. The van der Waals surface area contributed by atoms with Gasteiger partial charge in [-0.2, -0.15) is 0 Å². The molecule has 3 aromatic rings. The second-order valence-electron chi connectivity index (χ2n) is 5.03. The Hall–Kier alpha value is -2.42. The highest BCUT2D eigenvalue weighted by Crippen LogP contribution is 2.25. The topological polar surface area (TPSA) is 22.1 Å². The van der Waals surface area contributed by atoms with Gasteiger partial charge in [-0.05, 0) is 30.7 Å². The third-order valence-corrected chi connectivity index (χ3v) is 3.41. The zero-order valence-electron chi connectivity index (χ0n) is 11.8. The van der Waals surface area contributed by atoms with Crippen molar-refractivity contribution in [3.8, 4) is 5.75 Å². The fourth-order valence-corrected chi connectivity index (χ4v) is 2.39. The van der Waals surface area contributed by atoms with E-state index in [-0.39, 0.29) is 5.82 Å². The molecule has 0 amide bonds. The van der Waals surface area contributed by atoms with E-state index in [0.717, 1.165) is 6.42 Å². The number of para-hydroxylation sites is 1. The molecule has 3 rings (SSSR count). The summed E-state index contributed by atoms with van der Waals surface area (Å²) in [6.07, 6.45) is 2.40. The Morgan fingerprint density at radius 3 is 2.81 bits per heavy atom. The molecule has 0 saturated heterocycles. The first kappa shape index (κ1) is 13.6. The summed E-state index contributed by atoms with van der Waals surface area (Å²) in [5, 5.41) is 0.710. The SMILES string of the molecule is Cc1cccc(CCOc2ccnc3c(F)cccc23)c1. The van der Waals surface area contributed by atoms with Crippen molar-refractivity contribution in [1.82, 2.24) is 4.98 Å². The molecule has 0 spiro atoms. The predicted molar refractivity (Wildman–Crippen MR) is 82.1 cm³/mol. The van der Waals surface area contributed by atoms with Gasteiger partial charge in [-0.25, -0.2) is 4.39 Å². The second kappa shape index (κ2) is 5.92. The highest BCUT2D eigenvalue weighted by molar-refractivity contribution is 5.85. The smallest absolute Gasteiger partial charge is 0.149 e. The lowest BCUT2D eigenvalue weighted by Crippen LogP contribution is -2.02. The van der Waals surface area contributed by atoms with Crippen molar-refractivity contribution < 1.29 is 9.13 Å². The first-order chi connectivity index (χ1) is 10.2. The first-order valence-corrected chi connectivity index (χ1v) is 6.95. The molecule has 0 saturated carbocycles. The number of nitrogens with zero attached hydrogens (tertiary/aromatic N) is 1. The van der Waals surface area contributed by atoms with Crippen molar-refractivity contribution in [2.45, 2.75) is 13.3 Å². The van der Waals surface area contributed by atoms with Crippen molar-refractivity contribution in [3.05, 3.63) is 71.7 Å². The van der Waals surface area contributed by atoms with E-state index in [2.05, 4.69) is 30.1 Å². The summed E-state index contributed by atoms with van der Waals surface area (Å²) < 4.78 is 19.5. The average Bonchev–Trinajstić information content (AvgIpc) is 2.48. The van der Waals surface area contributed by atoms with Gasteiger partial charge in [-0.3, -0.25) is 4.98 Å². The molecule has 0 bridgehead atoms. The first-order valence-electron chi connectivity index (χ1n) is 6.95. The van der Waals surface area contributed by atoms with E-state index in [9.17, 15) is 4.39 Å². The standard InChI is InChI=1S/C18H16FNO/c1-13-4-2-5-14(12-13)9-11-21-17-8-10-20-18-15(17)6-3-7-16(18)19/h2-8,10,12H,9,11H2,1H3. The summed E-state index contributed by atoms with van der Waals surface area (Å²) in [5.41, 5.74) is 2.83. The monoisotopic (exact) mass is 281 g/mol. The molecule has 1 heterocycles. The van der Waals surface area contributed by atoms with E-state index in [1.807, 2.05) is 12.1 Å². The van der Waals surface area contributed by atoms with E-state index in [4.69, 9.17) is 4.74 Å². The Bertz CT molecular complexity index is 770. The summed E-state index contributed by atoms with van der Waals surface area (Å²) >= 11 is 0. The molecule has 2 nitrogen and oxygen atoms in total. The van der Waals surface area contributed by atoms with Crippen molar-refractivity contribution in [2.75, 3.05) is 6.61 Å². The molecule has 0 fully saturated rings. The number of hydrogen-bond donors (Lipinski definition) is 0. The minimum Gasteiger partial charge on any atom is -0.492 e. The van der Waals surface area contributed by atoms with E-state index in [0.29, 0.717) is 23.3 Å². The number of fused-ring (bicyclic) bond motifs is 1. The van der Waals surface area contributed by atoms with Crippen LogP contribution in [0.4, 0.5) is 4.39 Å². The lowest BCUT2D eigenvalue weighted by molar-refractivity contribution is 0.325. The molecule has 0 unspecified atom stereocenters. The zero-order valence-corrected chi connectivity index (χ0v) is 11.8. The van der Waals surface area contributed by atoms with Crippen LogP contribution in [0.2, 0.25) is 0 Å². The minimum atomic E-state index is -0.323. The van der Waals surface area contributed by atoms with Crippen molar-refractivity contribution in [3.63, 3.8) is 0 Å². The van der Waals surface area contributed by atoms with Crippen LogP contribution >= 0.6 is 0 Å². The molecule has 0 radical (unpaired) electrons. The van der Waals surface area contributed by atoms with E-state index in [1.165, 1.54) is 17.2 Å². The maximum atomic E-state index is 13.7. The fourth-order valence-electron chi connectivity index (χ4n) is 2.39. The number of aryl methyl sites for hydroxylation is 1. The van der Waals surface area contributed by atoms with Gasteiger partial charge in [-0.1, -0.05) is 35.9 Å². The number of ether oxygens (including phenoxy) is 1. The number of rotatable bonds is 4. The lowest BCUT2D eigenvalue weighted by atomic mass is 10.1. The Morgan fingerprint density at radius 2 is 1.95 bits per heavy atom. The van der Waals surface area contributed by atoms with Crippen LogP contribution in [-0.2, 0) is 6.42 Å². The van der Waals surface area contributed by atoms with Gasteiger partial charge in [0.05, 0.1) is 6.61 Å². The molecule has 0 aliphatic rings. The molecule has 21 heavy (non-hydrogen) atoms. The molecule has 0 N–H and O–H groups in total. The van der Waals surface area contributed by atoms with Crippen LogP contribution in [0.1, 0.15) is 11.1 Å². The van der Waals surface area contributed by atoms with Crippen LogP contribution < -0.4 is 4.74 Å². The Labute approximate surface area is 123 Å². The van der Waals surface area contributed by atoms with Crippen LogP contribution in [0.5, 0.6) is 5.75 Å². The van der Waals surface area contributed by atoms with Gasteiger partial charge in [0, 0.05) is 18.0 Å². The van der Waals surface area contributed by atoms with Gasteiger partial charge < -0.3 is 4.74 Å². The fraction of sp³-hybridized carbons (Fsp3) is 0.167. The number of pyridine rings is 1. The number of hydrogen-bond acceptors (Lipinski definition) is 2. The van der Waals surface area contributed by atoms with E-state index >= 15 is 0 Å². The van der Waals surface area contributed by atoms with Gasteiger partial charge in [0.15, 0.2) is 0 Å². The Balaban J connectivity index is 1.75. The maximum absolute atomic E-state index is 13.7. The summed E-state index contributed by atoms with van der Waals surface area (Å²) in [5.74, 6) is 0.351. The largest absolute Gasteiger partial charge is 0.492 e. The average molecular weight is 281 g/mol. The predicted octanol–water partition coefficient (Wildman–Crippen LogP) is 4.30. The van der Waals surface area contributed by atoms with E-state index < -0.39 is 0 Å². The summed E-state index contributed by atoms with van der Waals surface area (Å²) in [4.78, 5) is 4.06. The molecule has 0 atom stereocenters. The van der Waals surface area contributed by atoms with Gasteiger partial charge in [0.1, 0.15) is 17.1 Å². The van der Waals surface area contributed by atoms with E-state index in [1.54, 1.807) is 18.3 Å². The Kier molecular flexibility index (Phi) is 3.82. The normalized spacial score (nSPS) is 10.8. The van der Waals surface area contributed by atoms with Gasteiger partial charge >= 0.3 is 0 Å². The van der Waals surface area contributed by atoms with Gasteiger partial charge in [-0.15, -0.1) is 0 Å². The summed E-state index contributed by atoms with van der Waals surface area (Å²) in [7, 11) is 0. The minimum absolute atomic E-state index is 0.323. The van der Waals surface area contributed by atoms with Crippen LogP contribution in [0, 0.1) is 12.7 Å². The molecule has 0 aliphatic carbocycles. The summed E-state index contributed by atoms with van der Waals surface area (Å²) in [6.45, 7) is 2.63.